The zero-order valence-corrected chi connectivity index (χ0v) is 15.4. The van der Waals surface area contributed by atoms with Crippen LogP contribution in [0.25, 0.3) is 5.65 Å². The third kappa shape index (κ3) is 4.06. The van der Waals surface area contributed by atoms with Gasteiger partial charge in [0.05, 0.1) is 5.56 Å². The summed E-state index contributed by atoms with van der Waals surface area (Å²) in [6.07, 6.45) is 0.210. The first-order chi connectivity index (χ1) is 14.0. The van der Waals surface area contributed by atoms with E-state index in [-0.39, 0.29) is 11.6 Å². The van der Waals surface area contributed by atoms with Gasteiger partial charge in [0.15, 0.2) is 0 Å². The van der Waals surface area contributed by atoms with Crippen LogP contribution in [0.3, 0.4) is 0 Å². The number of aromatic nitrogens is 3. The number of carbonyl (C=O) groups excluding carboxylic acids is 1. The lowest BCUT2D eigenvalue weighted by Gasteiger charge is -2.10. The minimum Gasteiger partial charge on any atom is -0.341 e. The second-order valence-corrected chi connectivity index (χ2v) is 6.45. The Morgan fingerprint density at radius 3 is 2.48 bits per heavy atom. The Balaban J connectivity index is 1.49. The summed E-state index contributed by atoms with van der Waals surface area (Å²) in [4.78, 5) is 20.3. The Hall–Kier alpha value is -3.81. The molecule has 8 heteroatoms. The number of benzene rings is 1. The van der Waals surface area contributed by atoms with E-state index in [0.29, 0.717) is 22.7 Å². The maximum absolute atomic E-state index is 12.9. The van der Waals surface area contributed by atoms with Crippen molar-refractivity contribution in [1.82, 2.24) is 14.4 Å². The maximum atomic E-state index is 12.9. The number of pyridine rings is 2. The first-order valence-electron chi connectivity index (χ1n) is 8.87. The summed E-state index contributed by atoms with van der Waals surface area (Å²) >= 11 is 0. The van der Waals surface area contributed by atoms with Crippen molar-refractivity contribution in [2.45, 2.75) is 13.3 Å². The molecule has 29 heavy (non-hydrogen) atoms. The van der Waals surface area contributed by atoms with Crippen LogP contribution in [0.5, 0.6) is 0 Å². The van der Waals surface area contributed by atoms with Crippen LogP contribution in [0, 0.1) is 6.92 Å². The number of amides is 1. The molecule has 0 bridgehead atoms. The Labute approximate surface area is 165 Å². The predicted molar refractivity (Wildman–Crippen MR) is 107 cm³/mol. The molecule has 4 rings (SSSR count). The molecule has 4 aromatic rings. The molecule has 1 amide bonds. The lowest BCUT2D eigenvalue weighted by molar-refractivity contribution is 0.102. The number of halogens is 2. The number of hydrogen-bond donors (Lipinski definition) is 2. The van der Waals surface area contributed by atoms with E-state index in [1.54, 1.807) is 59.0 Å². The maximum Gasteiger partial charge on any atom is 0.281 e. The Morgan fingerprint density at radius 2 is 1.79 bits per heavy atom. The zero-order chi connectivity index (χ0) is 20.4. The van der Waals surface area contributed by atoms with Gasteiger partial charge in [0.25, 0.3) is 12.3 Å². The van der Waals surface area contributed by atoms with Crippen LogP contribution in [-0.2, 0) is 0 Å². The van der Waals surface area contributed by atoms with Crippen LogP contribution in [0.2, 0.25) is 0 Å². The fourth-order valence-electron chi connectivity index (χ4n) is 2.83. The lowest BCUT2D eigenvalue weighted by atomic mass is 10.2. The highest BCUT2D eigenvalue weighted by atomic mass is 19.3. The third-order valence-electron chi connectivity index (χ3n) is 4.32. The molecule has 0 aliphatic rings. The van der Waals surface area contributed by atoms with Crippen LogP contribution in [0.15, 0.2) is 67.0 Å². The van der Waals surface area contributed by atoms with Crippen molar-refractivity contribution in [3.05, 3.63) is 83.9 Å². The van der Waals surface area contributed by atoms with Crippen molar-refractivity contribution >= 4 is 28.7 Å². The molecule has 0 aliphatic carbocycles. The molecule has 3 heterocycles. The largest absolute Gasteiger partial charge is 0.341 e. The standard InChI is InChI=1S/C21H17F2N5O/c1-13-5-6-14(11-24-13)21(29)26-16-9-7-15(8-10-16)25-18-3-2-4-19-27-17(20(22)23)12-28(18)19/h2-12,20,25H,1H3,(H,26,29). The quantitative estimate of drug-likeness (QED) is 0.502. The second kappa shape index (κ2) is 7.67. The van der Waals surface area contributed by atoms with Crippen molar-refractivity contribution in [3.8, 4) is 0 Å². The van der Waals surface area contributed by atoms with E-state index in [0.717, 1.165) is 11.4 Å². The minimum absolute atomic E-state index is 0.249. The summed E-state index contributed by atoms with van der Waals surface area (Å²) in [7, 11) is 0. The topological polar surface area (TPSA) is 71.3 Å². The number of imidazole rings is 1. The molecule has 0 aliphatic heterocycles. The predicted octanol–water partition coefficient (Wildman–Crippen LogP) is 4.97. The molecule has 0 fully saturated rings. The van der Waals surface area contributed by atoms with E-state index >= 15 is 0 Å². The highest BCUT2D eigenvalue weighted by molar-refractivity contribution is 6.04. The van der Waals surface area contributed by atoms with Gasteiger partial charge in [-0.05, 0) is 55.5 Å². The molecule has 1 aromatic carbocycles. The summed E-state index contributed by atoms with van der Waals surface area (Å²) in [6.45, 7) is 1.85. The molecule has 0 atom stereocenters. The number of alkyl halides is 2. The van der Waals surface area contributed by atoms with Gasteiger partial charge in [-0.3, -0.25) is 14.2 Å². The number of anilines is 3. The Morgan fingerprint density at radius 1 is 1.03 bits per heavy atom. The van der Waals surface area contributed by atoms with Gasteiger partial charge in [-0.1, -0.05) is 6.07 Å². The fourth-order valence-corrected chi connectivity index (χ4v) is 2.83. The molecule has 0 unspecified atom stereocenters. The van der Waals surface area contributed by atoms with E-state index in [1.165, 1.54) is 12.4 Å². The second-order valence-electron chi connectivity index (χ2n) is 6.45. The van der Waals surface area contributed by atoms with Crippen LogP contribution < -0.4 is 10.6 Å². The lowest BCUT2D eigenvalue weighted by Crippen LogP contribution is -2.12. The molecule has 6 nitrogen and oxygen atoms in total. The van der Waals surface area contributed by atoms with E-state index in [1.807, 2.05) is 6.92 Å². The zero-order valence-electron chi connectivity index (χ0n) is 15.4. The van der Waals surface area contributed by atoms with Crippen molar-refractivity contribution in [1.29, 1.82) is 0 Å². The van der Waals surface area contributed by atoms with Crippen LogP contribution in [0.1, 0.15) is 28.2 Å². The number of rotatable bonds is 5. The van der Waals surface area contributed by atoms with E-state index in [9.17, 15) is 13.6 Å². The van der Waals surface area contributed by atoms with Gasteiger partial charge >= 0.3 is 0 Å². The summed E-state index contributed by atoms with van der Waals surface area (Å²) in [5.74, 6) is 0.352. The van der Waals surface area contributed by atoms with E-state index in [2.05, 4.69) is 20.6 Å². The van der Waals surface area contributed by atoms with Crippen LogP contribution >= 0.6 is 0 Å². The smallest absolute Gasteiger partial charge is 0.281 e. The molecular weight excluding hydrogens is 376 g/mol. The van der Waals surface area contributed by atoms with Crippen LogP contribution in [-0.4, -0.2) is 20.3 Å². The highest BCUT2D eigenvalue weighted by Gasteiger charge is 2.13. The van der Waals surface area contributed by atoms with Gasteiger partial charge < -0.3 is 10.6 Å². The normalized spacial score (nSPS) is 11.0. The third-order valence-corrected chi connectivity index (χ3v) is 4.32. The number of aryl methyl sites for hydroxylation is 1. The van der Waals surface area contributed by atoms with E-state index < -0.39 is 6.43 Å². The fraction of sp³-hybridized carbons (Fsp3) is 0.0952. The number of hydrogen-bond acceptors (Lipinski definition) is 4. The molecule has 0 spiro atoms. The van der Waals surface area contributed by atoms with Gasteiger partial charge in [0.2, 0.25) is 0 Å². The summed E-state index contributed by atoms with van der Waals surface area (Å²) in [6, 6.07) is 15.7. The summed E-state index contributed by atoms with van der Waals surface area (Å²) in [5.41, 5.74) is 2.83. The molecule has 0 saturated heterocycles. The van der Waals surface area contributed by atoms with Gasteiger partial charge in [-0.25, -0.2) is 13.8 Å². The number of nitrogens with zero attached hydrogens (tertiary/aromatic N) is 3. The molecule has 3 aromatic heterocycles. The van der Waals surface area contributed by atoms with Crippen molar-refractivity contribution in [2.24, 2.45) is 0 Å². The minimum atomic E-state index is -2.63. The number of fused-ring (bicyclic) bond motifs is 1. The molecule has 0 saturated carbocycles. The first kappa shape index (κ1) is 18.5. The average molecular weight is 393 g/mol. The summed E-state index contributed by atoms with van der Waals surface area (Å²) < 4.78 is 27.4. The highest BCUT2D eigenvalue weighted by Crippen LogP contribution is 2.24. The van der Waals surface area contributed by atoms with Gasteiger partial charge in [-0.15, -0.1) is 0 Å². The van der Waals surface area contributed by atoms with E-state index in [4.69, 9.17) is 0 Å². The number of carbonyl (C=O) groups is 1. The van der Waals surface area contributed by atoms with Crippen LogP contribution in [0.4, 0.5) is 26.0 Å². The molecule has 0 radical (unpaired) electrons. The van der Waals surface area contributed by atoms with Crippen molar-refractivity contribution < 1.29 is 13.6 Å². The van der Waals surface area contributed by atoms with Gasteiger partial charge in [0, 0.05) is 29.5 Å². The van der Waals surface area contributed by atoms with Crippen molar-refractivity contribution in [2.75, 3.05) is 10.6 Å². The molecule has 2 N–H and O–H groups in total. The first-order valence-corrected chi connectivity index (χ1v) is 8.87. The molecule has 146 valence electrons. The van der Waals surface area contributed by atoms with Crippen molar-refractivity contribution in [3.63, 3.8) is 0 Å². The number of nitrogens with one attached hydrogen (secondary N) is 2. The summed E-state index contributed by atoms with van der Waals surface area (Å²) in [5, 5.41) is 5.98. The average Bonchev–Trinajstić information content (AvgIpc) is 3.16. The molecular formula is C21H17F2N5O. The Bertz CT molecular complexity index is 1150. The van der Waals surface area contributed by atoms with Gasteiger partial charge in [0.1, 0.15) is 17.2 Å². The SMILES string of the molecule is Cc1ccc(C(=O)Nc2ccc(Nc3cccc4nc(C(F)F)cn34)cc2)cn1. The van der Waals surface area contributed by atoms with Gasteiger partial charge in [-0.2, -0.15) is 0 Å². The Kier molecular flexibility index (Phi) is 4.90. The monoisotopic (exact) mass is 393 g/mol.